The van der Waals surface area contributed by atoms with Gasteiger partial charge in [0.2, 0.25) is 5.91 Å². The molecule has 1 aromatic rings. The third kappa shape index (κ3) is 6.40. The van der Waals surface area contributed by atoms with Crippen molar-refractivity contribution >= 4 is 11.9 Å². The molecule has 4 N–H and O–H groups in total. The lowest BCUT2D eigenvalue weighted by Crippen LogP contribution is -2.25. The van der Waals surface area contributed by atoms with E-state index in [1.807, 2.05) is 12.1 Å². The molecule has 0 aliphatic rings. The van der Waals surface area contributed by atoms with Gasteiger partial charge in [-0.2, -0.15) is 0 Å². The molecule has 2 atom stereocenters. The smallest absolute Gasteiger partial charge is 0.306 e. The molecule has 0 saturated carbocycles. The van der Waals surface area contributed by atoms with Crippen LogP contribution in [0.4, 0.5) is 0 Å². The van der Waals surface area contributed by atoms with Crippen molar-refractivity contribution in [2.24, 2.45) is 11.7 Å². The highest BCUT2D eigenvalue weighted by Gasteiger charge is 2.11. The average Bonchev–Trinajstić information content (AvgIpc) is 2.45. The second kappa shape index (κ2) is 8.42. The molecule has 0 saturated heterocycles. The third-order valence-corrected chi connectivity index (χ3v) is 3.59. The number of hydrogen-bond donors (Lipinski definition) is 3. The minimum absolute atomic E-state index is 0.279. The number of nitrogens with two attached hydrogens (primary N) is 1. The number of primary amides is 1. The number of carbonyl (C=O) groups is 2. The first-order valence-corrected chi connectivity index (χ1v) is 7.25. The maximum atomic E-state index is 11.0. The van der Waals surface area contributed by atoms with Crippen LogP contribution < -0.4 is 11.1 Å². The van der Waals surface area contributed by atoms with E-state index in [-0.39, 0.29) is 5.92 Å². The molecule has 0 aromatic heterocycles. The number of benzene rings is 1. The van der Waals surface area contributed by atoms with Gasteiger partial charge in [0.25, 0.3) is 0 Å². The van der Waals surface area contributed by atoms with Crippen LogP contribution in [0.15, 0.2) is 24.3 Å². The van der Waals surface area contributed by atoms with E-state index in [9.17, 15) is 9.59 Å². The SMILES string of the molecule is CC(CCCC(C)C(=O)O)NCc1ccc(C(N)=O)cc1. The van der Waals surface area contributed by atoms with E-state index in [0.29, 0.717) is 24.6 Å². The number of nitrogens with one attached hydrogen (secondary N) is 1. The number of carbonyl (C=O) groups excluding carboxylic acids is 1. The van der Waals surface area contributed by atoms with Crippen LogP contribution in [0, 0.1) is 5.92 Å². The number of carboxylic acid groups (broad SMARTS) is 1. The molecular weight excluding hydrogens is 268 g/mol. The molecular formula is C16H24N2O3. The van der Waals surface area contributed by atoms with Crippen LogP contribution in [0.2, 0.25) is 0 Å². The second-order valence-electron chi connectivity index (χ2n) is 5.51. The Kier molecular flexibility index (Phi) is 6.88. The Morgan fingerprint density at radius 3 is 2.33 bits per heavy atom. The summed E-state index contributed by atoms with van der Waals surface area (Å²) in [5, 5.41) is 12.2. The quantitative estimate of drug-likeness (QED) is 0.650. The largest absolute Gasteiger partial charge is 0.481 e. The highest BCUT2D eigenvalue weighted by atomic mass is 16.4. The van der Waals surface area contributed by atoms with Crippen molar-refractivity contribution in [3.8, 4) is 0 Å². The van der Waals surface area contributed by atoms with Gasteiger partial charge in [-0.15, -0.1) is 0 Å². The van der Waals surface area contributed by atoms with Crippen molar-refractivity contribution in [2.75, 3.05) is 0 Å². The Hall–Kier alpha value is -1.88. The second-order valence-corrected chi connectivity index (χ2v) is 5.51. The van der Waals surface area contributed by atoms with Crippen LogP contribution in [0.5, 0.6) is 0 Å². The molecule has 0 heterocycles. The van der Waals surface area contributed by atoms with Crippen LogP contribution >= 0.6 is 0 Å². The van der Waals surface area contributed by atoms with Crippen LogP contribution in [0.1, 0.15) is 49.0 Å². The molecule has 0 aliphatic heterocycles. The molecule has 5 heteroatoms. The highest BCUT2D eigenvalue weighted by Crippen LogP contribution is 2.10. The Morgan fingerprint density at radius 2 is 1.81 bits per heavy atom. The summed E-state index contributed by atoms with van der Waals surface area (Å²) in [6.07, 6.45) is 2.54. The Labute approximate surface area is 125 Å². The highest BCUT2D eigenvalue weighted by molar-refractivity contribution is 5.92. The minimum Gasteiger partial charge on any atom is -0.481 e. The summed E-state index contributed by atoms with van der Waals surface area (Å²) < 4.78 is 0. The Bertz CT molecular complexity index is 471. The van der Waals surface area contributed by atoms with E-state index in [0.717, 1.165) is 18.4 Å². The fourth-order valence-electron chi connectivity index (χ4n) is 2.03. The predicted molar refractivity (Wildman–Crippen MR) is 81.9 cm³/mol. The van der Waals surface area contributed by atoms with E-state index in [4.69, 9.17) is 10.8 Å². The van der Waals surface area contributed by atoms with Crippen molar-refractivity contribution < 1.29 is 14.7 Å². The van der Waals surface area contributed by atoms with Crippen LogP contribution in [0.3, 0.4) is 0 Å². The zero-order chi connectivity index (χ0) is 15.8. The minimum atomic E-state index is -0.731. The van der Waals surface area contributed by atoms with Crippen LogP contribution in [-0.4, -0.2) is 23.0 Å². The summed E-state index contributed by atoms with van der Waals surface area (Å²) in [5.74, 6) is -1.43. The lowest BCUT2D eigenvalue weighted by atomic mass is 10.0. The normalized spacial score (nSPS) is 13.6. The molecule has 2 unspecified atom stereocenters. The summed E-state index contributed by atoms with van der Waals surface area (Å²) in [6, 6.07) is 7.53. The van der Waals surface area contributed by atoms with Gasteiger partial charge < -0.3 is 16.2 Å². The topological polar surface area (TPSA) is 92.4 Å². The van der Waals surface area contributed by atoms with Gasteiger partial charge in [0.1, 0.15) is 0 Å². The molecule has 1 aromatic carbocycles. The maximum absolute atomic E-state index is 11.0. The fraction of sp³-hybridized carbons (Fsp3) is 0.500. The summed E-state index contributed by atoms with van der Waals surface area (Å²) in [6.45, 7) is 4.54. The standard InChI is InChI=1S/C16H24N2O3/c1-11(16(20)21)4-3-5-12(2)18-10-13-6-8-14(9-7-13)15(17)19/h6-9,11-12,18H,3-5,10H2,1-2H3,(H2,17,19)(H,20,21). The van der Waals surface area contributed by atoms with E-state index < -0.39 is 11.9 Å². The van der Waals surface area contributed by atoms with Gasteiger partial charge in [0.15, 0.2) is 0 Å². The number of hydrogen-bond acceptors (Lipinski definition) is 3. The van der Waals surface area contributed by atoms with Gasteiger partial charge in [-0.3, -0.25) is 9.59 Å². The van der Waals surface area contributed by atoms with Gasteiger partial charge in [0.05, 0.1) is 5.92 Å². The monoisotopic (exact) mass is 292 g/mol. The van der Waals surface area contributed by atoms with Gasteiger partial charge in [-0.25, -0.2) is 0 Å². The molecule has 0 fully saturated rings. The first-order valence-electron chi connectivity index (χ1n) is 7.25. The fourth-order valence-corrected chi connectivity index (χ4v) is 2.03. The summed E-state index contributed by atoms with van der Waals surface area (Å²) >= 11 is 0. The number of aliphatic carboxylic acids is 1. The number of rotatable bonds is 9. The van der Waals surface area contributed by atoms with Crippen LogP contribution in [-0.2, 0) is 11.3 Å². The van der Waals surface area contributed by atoms with Gasteiger partial charge in [0, 0.05) is 18.2 Å². The predicted octanol–water partition coefficient (Wildman–Crippen LogP) is 2.15. The zero-order valence-corrected chi connectivity index (χ0v) is 12.6. The van der Waals surface area contributed by atoms with E-state index in [1.54, 1.807) is 19.1 Å². The van der Waals surface area contributed by atoms with Crippen molar-refractivity contribution in [1.29, 1.82) is 0 Å². The summed E-state index contributed by atoms with van der Waals surface area (Å²) in [7, 11) is 0. The average molecular weight is 292 g/mol. The lowest BCUT2D eigenvalue weighted by molar-refractivity contribution is -0.141. The van der Waals surface area contributed by atoms with E-state index in [2.05, 4.69) is 12.2 Å². The Balaban J connectivity index is 2.28. The molecule has 0 spiro atoms. The molecule has 0 bridgehead atoms. The first kappa shape index (κ1) is 17.2. The van der Waals surface area contributed by atoms with Crippen molar-refractivity contribution in [3.63, 3.8) is 0 Å². The first-order chi connectivity index (χ1) is 9.90. The molecule has 0 aliphatic carbocycles. The molecule has 1 rings (SSSR count). The third-order valence-electron chi connectivity index (χ3n) is 3.59. The van der Waals surface area contributed by atoms with Crippen molar-refractivity contribution in [1.82, 2.24) is 5.32 Å². The number of amides is 1. The Morgan fingerprint density at radius 1 is 1.19 bits per heavy atom. The van der Waals surface area contributed by atoms with Gasteiger partial charge in [-0.1, -0.05) is 25.5 Å². The zero-order valence-electron chi connectivity index (χ0n) is 12.6. The summed E-state index contributed by atoms with van der Waals surface area (Å²) in [4.78, 5) is 21.7. The van der Waals surface area contributed by atoms with Crippen molar-refractivity contribution in [3.05, 3.63) is 35.4 Å². The van der Waals surface area contributed by atoms with Crippen molar-refractivity contribution in [2.45, 2.75) is 45.7 Å². The van der Waals surface area contributed by atoms with E-state index in [1.165, 1.54) is 0 Å². The molecule has 1 amide bonds. The summed E-state index contributed by atoms with van der Waals surface area (Å²) in [5.41, 5.74) is 6.79. The molecule has 5 nitrogen and oxygen atoms in total. The number of carboxylic acids is 1. The van der Waals surface area contributed by atoms with Gasteiger partial charge in [-0.05, 0) is 37.5 Å². The maximum Gasteiger partial charge on any atom is 0.306 e. The van der Waals surface area contributed by atoms with Crippen LogP contribution in [0.25, 0.3) is 0 Å². The van der Waals surface area contributed by atoms with E-state index >= 15 is 0 Å². The lowest BCUT2D eigenvalue weighted by Gasteiger charge is -2.14. The molecule has 116 valence electrons. The molecule has 0 radical (unpaired) electrons. The van der Waals surface area contributed by atoms with Gasteiger partial charge >= 0.3 is 5.97 Å². The molecule has 21 heavy (non-hydrogen) atoms.